The smallest absolute Gasteiger partial charge is 0.310 e. The van der Waals surface area contributed by atoms with Crippen LogP contribution in [0.15, 0.2) is 0 Å². The minimum Gasteiger partial charge on any atom is -0.481 e. The average Bonchev–Trinajstić information content (AvgIpc) is 3.06. The standard InChI is InChI=1S/C16H27NO3/c1-3-15(4-2)9-10-17(12-15)13(18)11-16(14(19)20)7-5-6-8-16/h3-12H2,1-2H3,(H,19,20). The molecule has 1 aliphatic heterocycles. The molecule has 0 unspecified atom stereocenters. The lowest BCUT2D eigenvalue weighted by molar-refractivity contribution is -0.153. The molecule has 1 saturated heterocycles. The summed E-state index contributed by atoms with van der Waals surface area (Å²) in [6, 6.07) is 0. The monoisotopic (exact) mass is 281 g/mol. The molecule has 0 radical (unpaired) electrons. The van der Waals surface area contributed by atoms with Crippen molar-refractivity contribution in [2.24, 2.45) is 10.8 Å². The molecule has 2 fully saturated rings. The molecule has 0 aromatic carbocycles. The number of aliphatic carboxylic acids is 1. The lowest BCUT2D eigenvalue weighted by atomic mass is 9.81. The van der Waals surface area contributed by atoms with Gasteiger partial charge in [0, 0.05) is 19.5 Å². The molecule has 4 nitrogen and oxygen atoms in total. The van der Waals surface area contributed by atoms with Crippen LogP contribution >= 0.6 is 0 Å². The van der Waals surface area contributed by atoms with E-state index in [1.165, 1.54) is 0 Å². The van der Waals surface area contributed by atoms with Crippen molar-refractivity contribution in [3.05, 3.63) is 0 Å². The topological polar surface area (TPSA) is 57.6 Å². The van der Waals surface area contributed by atoms with Gasteiger partial charge in [-0.05, 0) is 37.5 Å². The number of nitrogens with zero attached hydrogens (tertiary/aromatic N) is 1. The van der Waals surface area contributed by atoms with Gasteiger partial charge in [0.25, 0.3) is 0 Å². The van der Waals surface area contributed by atoms with E-state index in [4.69, 9.17) is 0 Å². The second-order valence-electron chi connectivity index (χ2n) is 6.74. The summed E-state index contributed by atoms with van der Waals surface area (Å²) in [5, 5.41) is 9.48. The first kappa shape index (κ1) is 15.3. The maximum absolute atomic E-state index is 12.5. The molecular weight excluding hydrogens is 254 g/mol. The van der Waals surface area contributed by atoms with E-state index >= 15 is 0 Å². The van der Waals surface area contributed by atoms with E-state index in [9.17, 15) is 14.7 Å². The highest BCUT2D eigenvalue weighted by Gasteiger charge is 2.45. The normalized spacial score (nSPS) is 24.0. The molecule has 114 valence electrons. The van der Waals surface area contributed by atoms with Crippen molar-refractivity contribution < 1.29 is 14.7 Å². The van der Waals surface area contributed by atoms with Crippen molar-refractivity contribution in [2.75, 3.05) is 13.1 Å². The second-order valence-corrected chi connectivity index (χ2v) is 6.74. The fraction of sp³-hybridized carbons (Fsp3) is 0.875. The van der Waals surface area contributed by atoms with Gasteiger partial charge in [-0.1, -0.05) is 26.7 Å². The Hall–Kier alpha value is -1.06. The predicted molar refractivity (Wildman–Crippen MR) is 77.4 cm³/mol. The van der Waals surface area contributed by atoms with E-state index in [1.807, 2.05) is 4.90 Å². The summed E-state index contributed by atoms with van der Waals surface area (Å²) in [4.78, 5) is 25.9. The van der Waals surface area contributed by atoms with Gasteiger partial charge in [-0.2, -0.15) is 0 Å². The van der Waals surface area contributed by atoms with Crippen LogP contribution in [-0.4, -0.2) is 35.0 Å². The van der Waals surface area contributed by atoms with E-state index < -0.39 is 11.4 Å². The van der Waals surface area contributed by atoms with Gasteiger partial charge in [0.05, 0.1) is 5.41 Å². The maximum Gasteiger partial charge on any atom is 0.310 e. The van der Waals surface area contributed by atoms with E-state index in [-0.39, 0.29) is 17.7 Å². The molecule has 4 heteroatoms. The van der Waals surface area contributed by atoms with Gasteiger partial charge in [0.2, 0.25) is 5.91 Å². The fourth-order valence-corrected chi connectivity index (χ4v) is 3.89. The van der Waals surface area contributed by atoms with Crippen LogP contribution in [-0.2, 0) is 9.59 Å². The number of carbonyl (C=O) groups is 2. The molecule has 0 spiro atoms. The SMILES string of the molecule is CCC1(CC)CCN(C(=O)CC2(C(=O)O)CCCC2)C1. The number of rotatable bonds is 5. The number of likely N-dealkylation sites (tertiary alicyclic amines) is 1. The van der Waals surface area contributed by atoms with Crippen LogP contribution in [0.25, 0.3) is 0 Å². The number of amides is 1. The minimum atomic E-state index is -0.778. The summed E-state index contributed by atoms with van der Waals surface area (Å²) >= 11 is 0. The molecule has 0 atom stereocenters. The highest BCUT2D eigenvalue weighted by atomic mass is 16.4. The first-order valence-corrected chi connectivity index (χ1v) is 7.98. The Morgan fingerprint density at radius 1 is 1.10 bits per heavy atom. The predicted octanol–water partition coefficient (Wildman–Crippen LogP) is 3.06. The van der Waals surface area contributed by atoms with Gasteiger partial charge in [0.15, 0.2) is 0 Å². The summed E-state index contributed by atoms with van der Waals surface area (Å²) in [7, 11) is 0. The third kappa shape index (κ3) is 2.70. The van der Waals surface area contributed by atoms with E-state index in [0.29, 0.717) is 12.8 Å². The zero-order valence-electron chi connectivity index (χ0n) is 12.8. The van der Waals surface area contributed by atoms with Crippen LogP contribution in [0, 0.1) is 10.8 Å². The van der Waals surface area contributed by atoms with Crippen LogP contribution < -0.4 is 0 Å². The lowest BCUT2D eigenvalue weighted by Gasteiger charge is -2.29. The Bertz CT molecular complexity index is 381. The fourth-order valence-electron chi connectivity index (χ4n) is 3.89. The Labute approximate surface area is 121 Å². The molecule has 1 saturated carbocycles. The second kappa shape index (κ2) is 5.74. The minimum absolute atomic E-state index is 0.0538. The van der Waals surface area contributed by atoms with Crippen molar-refractivity contribution in [1.29, 1.82) is 0 Å². The molecule has 1 N–H and O–H groups in total. The highest BCUT2D eigenvalue weighted by Crippen LogP contribution is 2.43. The molecule has 1 aliphatic carbocycles. The van der Waals surface area contributed by atoms with Gasteiger partial charge in [-0.25, -0.2) is 0 Å². The van der Waals surface area contributed by atoms with Crippen LogP contribution in [0.1, 0.15) is 65.2 Å². The maximum atomic E-state index is 12.5. The van der Waals surface area contributed by atoms with Gasteiger partial charge in [-0.15, -0.1) is 0 Å². The van der Waals surface area contributed by atoms with E-state index in [0.717, 1.165) is 45.2 Å². The summed E-state index contributed by atoms with van der Waals surface area (Å²) in [5.74, 6) is -0.724. The van der Waals surface area contributed by atoms with Gasteiger partial charge < -0.3 is 10.0 Å². The number of carbonyl (C=O) groups excluding carboxylic acids is 1. The molecule has 0 aromatic heterocycles. The Morgan fingerprint density at radius 3 is 2.15 bits per heavy atom. The molecule has 0 bridgehead atoms. The molecule has 2 aliphatic rings. The first-order chi connectivity index (χ1) is 9.47. The zero-order valence-corrected chi connectivity index (χ0v) is 12.8. The Balaban J connectivity index is 2.01. The van der Waals surface area contributed by atoms with Crippen molar-refractivity contribution in [2.45, 2.75) is 65.2 Å². The van der Waals surface area contributed by atoms with Gasteiger partial charge in [-0.3, -0.25) is 9.59 Å². The largest absolute Gasteiger partial charge is 0.481 e. The summed E-state index contributed by atoms with van der Waals surface area (Å²) in [6.45, 7) is 5.99. The van der Waals surface area contributed by atoms with Gasteiger partial charge in [0.1, 0.15) is 0 Å². The van der Waals surface area contributed by atoms with Crippen molar-refractivity contribution in [3.8, 4) is 0 Å². The average molecular weight is 281 g/mol. The van der Waals surface area contributed by atoms with E-state index in [2.05, 4.69) is 13.8 Å². The van der Waals surface area contributed by atoms with Crippen molar-refractivity contribution in [3.63, 3.8) is 0 Å². The van der Waals surface area contributed by atoms with Crippen LogP contribution in [0.4, 0.5) is 0 Å². The third-order valence-corrected chi connectivity index (χ3v) is 5.79. The summed E-state index contributed by atoms with van der Waals surface area (Å²) < 4.78 is 0. The number of hydrogen-bond acceptors (Lipinski definition) is 2. The molecule has 20 heavy (non-hydrogen) atoms. The summed E-state index contributed by atoms with van der Waals surface area (Å²) in [5.41, 5.74) is -0.511. The molecule has 1 heterocycles. The quantitative estimate of drug-likeness (QED) is 0.842. The van der Waals surface area contributed by atoms with Crippen LogP contribution in [0.2, 0.25) is 0 Å². The zero-order chi connectivity index (χ0) is 14.8. The van der Waals surface area contributed by atoms with E-state index in [1.54, 1.807) is 0 Å². The first-order valence-electron chi connectivity index (χ1n) is 7.98. The summed E-state index contributed by atoms with van der Waals surface area (Å²) in [6.07, 6.45) is 6.65. The molecular formula is C16H27NO3. The highest BCUT2D eigenvalue weighted by molar-refractivity contribution is 5.85. The number of hydrogen-bond donors (Lipinski definition) is 1. The molecule has 0 aromatic rings. The number of carboxylic acids is 1. The third-order valence-electron chi connectivity index (χ3n) is 5.79. The van der Waals surface area contributed by atoms with Crippen molar-refractivity contribution >= 4 is 11.9 Å². The van der Waals surface area contributed by atoms with Crippen LogP contribution in [0.5, 0.6) is 0 Å². The van der Waals surface area contributed by atoms with Crippen molar-refractivity contribution in [1.82, 2.24) is 4.90 Å². The lowest BCUT2D eigenvalue weighted by Crippen LogP contribution is -2.38. The van der Waals surface area contributed by atoms with Gasteiger partial charge >= 0.3 is 5.97 Å². The molecule has 1 amide bonds. The Kier molecular flexibility index (Phi) is 4.40. The Morgan fingerprint density at radius 2 is 1.70 bits per heavy atom. The van der Waals surface area contributed by atoms with Crippen LogP contribution in [0.3, 0.4) is 0 Å². The molecule has 2 rings (SSSR count). The number of carboxylic acid groups (broad SMARTS) is 1.